The summed E-state index contributed by atoms with van der Waals surface area (Å²) in [4.78, 5) is 16.4. The summed E-state index contributed by atoms with van der Waals surface area (Å²) in [6.45, 7) is 2.19. The third-order valence-electron chi connectivity index (χ3n) is 3.77. The monoisotopic (exact) mass is 403 g/mol. The Hall–Kier alpha value is -3.83. The molecule has 12 heteroatoms. The Morgan fingerprint density at radius 1 is 1.03 bits per heavy atom. The quantitative estimate of drug-likeness (QED) is 0.501. The highest BCUT2D eigenvalue weighted by atomic mass is 19.4. The molecular weight excluding hydrogens is 391 g/mol. The second-order valence-electron chi connectivity index (χ2n) is 5.88. The number of aromatic nitrogens is 7. The van der Waals surface area contributed by atoms with Gasteiger partial charge in [-0.1, -0.05) is 5.16 Å². The average Bonchev–Trinajstić information content (AvgIpc) is 3.30. The number of rotatable bonds is 5. The molecule has 0 saturated carbocycles. The summed E-state index contributed by atoms with van der Waals surface area (Å²) < 4.78 is 47.4. The highest BCUT2D eigenvalue weighted by molar-refractivity contribution is 5.57. The molecule has 3 heterocycles. The van der Waals surface area contributed by atoms with E-state index in [1.807, 2.05) is 0 Å². The van der Waals surface area contributed by atoms with Crippen LogP contribution in [0, 0.1) is 6.92 Å². The number of halogens is 3. The van der Waals surface area contributed by atoms with E-state index in [1.165, 1.54) is 18.5 Å². The van der Waals surface area contributed by atoms with Crippen LogP contribution in [0.1, 0.15) is 11.4 Å². The maximum Gasteiger partial charge on any atom is 0.573 e. The average molecular weight is 403 g/mol. The molecule has 148 valence electrons. The van der Waals surface area contributed by atoms with Gasteiger partial charge in [-0.15, -0.1) is 18.3 Å². The molecule has 0 radical (unpaired) electrons. The Kier molecular flexibility index (Phi) is 4.66. The Bertz CT molecular complexity index is 1110. The van der Waals surface area contributed by atoms with Crippen LogP contribution in [0.25, 0.3) is 23.1 Å². The molecule has 0 N–H and O–H groups in total. The minimum absolute atomic E-state index is 0.0850. The van der Waals surface area contributed by atoms with Gasteiger partial charge in [-0.25, -0.2) is 19.6 Å². The highest BCUT2D eigenvalue weighted by Crippen LogP contribution is 2.26. The van der Waals surface area contributed by atoms with Crippen molar-refractivity contribution < 1.29 is 22.4 Å². The van der Waals surface area contributed by atoms with Crippen molar-refractivity contribution in [2.45, 2.75) is 19.8 Å². The second kappa shape index (κ2) is 7.30. The van der Waals surface area contributed by atoms with E-state index >= 15 is 0 Å². The molecule has 0 atom stereocenters. The summed E-state index contributed by atoms with van der Waals surface area (Å²) in [7, 11) is 0. The van der Waals surface area contributed by atoms with Gasteiger partial charge in [0.2, 0.25) is 11.6 Å². The van der Waals surface area contributed by atoms with Crippen LogP contribution < -0.4 is 4.74 Å². The van der Waals surface area contributed by atoms with Crippen LogP contribution in [0.15, 0.2) is 47.5 Å². The van der Waals surface area contributed by atoms with Crippen LogP contribution in [-0.4, -0.2) is 41.2 Å². The summed E-state index contributed by atoms with van der Waals surface area (Å²) in [6, 6.07) is 5.11. The van der Waals surface area contributed by atoms with Crippen LogP contribution in [0.2, 0.25) is 0 Å². The largest absolute Gasteiger partial charge is 0.573 e. The van der Waals surface area contributed by atoms with Gasteiger partial charge in [0.25, 0.3) is 5.89 Å². The zero-order valence-corrected chi connectivity index (χ0v) is 14.8. The number of nitrogens with zero attached hydrogens (tertiary/aromatic N) is 7. The van der Waals surface area contributed by atoms with Gasteiger partial charge in [0.05, 0.1) is 6.54 Å². The van der Waals surface area contributed by atoms with Gasteiger partial charge < -0.3 is 9.26 Å². The van der Waals surface area contributed by atoms with Gasteiger partial charge in [-0.3, -0.25) is 0 Å². The molecule has 0 spiro atoms. The fourth-order valence-corrected chi connectivity index (χ4v) is 2.48. The molecule has 0 aliphatic carbocycles. The molecule has 0 unspecified atom stereocenters. The summed E-state index contributed by atoms with van der Waals surface area (Å²) in [6.07, 6.45) is 0.0233. The van der Waals surface area contributed by atoms with Gasteiger partial charge in [0, 0.05) is 23.5 Å². The molecule has 4 rings (SSSR count). The van der Waals surface area contributed by atoms with Gasteiger partial charge >= 0.3 is 6.36 Å². The second-order valence-corrected chi connectivity index (χ2v) is 5.88. The third kappa shape index (κ3) is 4.36. The first-order valence-electron chi connectivity index (χ1n) is 8.23. The molecule has 0 fully saturated rings. The lowest BCUT2D eigenvalue weighted by atomic mass is 10.2. The van der Waals surface area contributed by atoms with Crippen LogP contribution in [-0.2, 0) is 6.54 Å². The van der Waals surface area contributed by atoms with E-state index in [4.69, 9.17) is 4.52 Å². The van der Waals surface area contributed by atoms with E-state index in [1.54, 1.807) is 24.0 Å². The van der Waals surface area contributed by atoms with Crippen molar-refractivity contribution in [3.63, 3.8) is 0 Å². The first kappa shape index (κ1) is 18.5. The van der Waals surface area contributed by atoms with Crippen LogP contribution in [0.5, 0.6) is 5.75 Å². The highest BCUT2D eigenvalue weighted by Gasteiger charge is 2.31. The van der Waals surface area contributed by atoms with E-state index in [9.17, 15) is 13.2 Å². The number of aryl methyl sites for hydroxylation is 1. The Morgan fingerprint density at radius 2 is 1.76 bits per heavy atom. The molecule has 3 aromatic heterocycles. The minimum atomic E-state index is -4.75. The molecule has 9 nitrogen and oxygen atoms in total. The zero-order valence-electron chi connectivity index (χ0n) is 14.8. The number of hydrogen-bond donors (Lipinski definition) is 0. The van der Waals surface area contributed by atoms with E-state index < -0.39 is 6.36 Å². The number of benzene rings is 1. The topological polar surface area (TPSA) is 105 Å². The van der Waals surface area contributed by atoms with E-state index in [0.29, 0.717) is 17.9 Å². The Morgan fingerprint density at radius 3 is 2.45 bits per heavy atom. The van der Waals surface area contributed by atoms with Crippen molar-refractivity contribution in [3.05, 3.63) is 54.4 Å². The van der Waals surface area contributed by atoms with Gasteiger partial charge in [-0.2, -0.15) is 4.98 Å². The fourth-order valence-electron chi connectivity index (χ4n) is 2.48. The summed E-state index contributed by atoms with van der Waals surface area (Å²) in [5.41, 5.74) is 1.30. The molecule has 0 amide bonds. The van der Waals surface area contributed by atoms with Crippen molar-refractivity contribution in [1.29, 1.82) is 0 Å². The van der Waals surface area contributed by atoms with Crippen molar-refractivity contribution in [3.8, 4) is 28.9 Å². The van der Waals surface area contributed by atoms with Crippen molar-refractivity contribution in [2.75, 3.05) is 0 Å². The maximum absolute atomic E-state index is 12.2. The SMILES string of the molecule is Cc1nc(-c2nc(-c3ccc(OC(F)(F)F)cc3)no2)nn1Cc1cncnc1. The smallest absolute Gasteiger partial charge is 0.406 e. The molecule has 0 aliphatic rings. The molecule has 29 heavy (non-hydrogen) atoms. The minimum Gasteiger partial charge on any atom is -0.406 e. The standard InChI is InChI=1S/C17H12F3N7O2/c1-10-23-15(25-27(10)8-11-6-21-9-22-7-11)16-24-14(26-29-16)12-2-4-13(5-3-12)28-17(18,19)20/h2-7,9H,8H2,1H3. The van der Waals surface area contributed by atoms with E-state index in [0.717, 1.165) is 17.7 Å². The van der Waals surface area contributed by atoms with E-state index in [-0.39, 0.29) is 23.3 Å². The predicted molar refractivity (Wildman–Crippen MR) is 91.3 cm³/mol. The summed E-state index contributed by atoms with van der Waals surface area (Å²) >= 11 is 0. The third-order valence-corrected chi connectivity index (χ3v) is 3.77. The molecule has 0 saturated heterocycles. The first-order chi connectivity index (χ1) is 13.9. The lowest BCUT2D eigenvalue weighted by Crippen LogP contribution is -2.16. The molecule has 0 bridgehead atoms. The van der Waals surface area contributed by atoms with Gasteiger partial charge in [0.1, 0.15) is 17.9 Å². The van der Waals surface area contributed by atoms with Gasteiger partial charge in [0.15, 0.2) is 0 Å². The van der Waals surface area contributed by atoms with Crippen molar-refractivity contribution in [1.82, 2.24) is 34.9 Å². The number of alkyl halides is 3. The lowest BCUT2D eigenvalue weighted by molar-refractivity contribution is -0.274. The zero-order chi connectivity index (χ0) is 20.4. The van der Waals surface area contributed by atoms with Gasteiger partial charge in [-0.05, 0) is 31.2 Å². The Balaban J connectivity index is 1.53. The van der Waals surface area contributed by atoms with Crippen molar-refractivity contribution >= 4 is 0 Å². The van der Waals surface area contributed by atoms with Crippen LogP contribution in [0.3, 0.4) is 0 Å². The molecule has 0 aliphatic heterocycles. The predicted octanol–water partition coefficient (Wildman–Crippen LogP) is 3.04. The summed E-state index contributed by atoms with van der Waals surface area (Å²) in [5.74, 6) is 0.782. The van der Waals surface area contributed by atoms with Crippen LogP contribution >= 0.6 is 0 Å². The first-order valence-corrected chi connectivity index (χ1v) is 8.23. The number of ether oxygens (including phenoxy) is 1. The van der Waals surface area contributed by atoms with Crippen molar-refractivity contribution in [2.24, 2.45) is 0 Å². The molecule has 4 aromatic rings. The summed E-state index contributed by atoms with van der Waals surface area (Å²) in [5, 5.41) is 8.18. The maximum atomic E-state index is 12.2. The van der Waals surface area contributed by atoms with Crippen LogP contribution in [0.4, 0.5) is 13.2 Å². The normalized spacial score (nSPS) is 11.6. The Labute approximate surface area is 161 Å². The fraction of sp³-hybridized carbons (Fsp3) is 0.176. The van der Waals surface area contributed by atoms with E-state index in [2.05, 4.69) is 34.9 Å². The lowest BCUT2D eigenvalue weighted by Gasteiger charge is -2.08. The molecule has 1 aromatic carbocycles. The molecular formula is C17H12F3N7O2. The number of hydrogen-bond acceptors (Lipinski definition) is 8.